The number of ether oxygens (including phenoxy) is 1. The molecule has 3 nitrogen and oxygen atoms in total. The van der Waals surface area contributed by atoms with Gasteiger partial charge in [-0.25, -0.2) is 0 Å². The van der Waals surface area contributed by atoms with Crippen LogP contribution in [-0.2, 0) is 23.1 Å². The first-order valence-corrected chi connectivity index (χ1v) is 8.08. The van der Waals surface area contributed by atoms with E-state index < -0.39 is 10.8 Å². The van der Waals surface area contributed by atoms with Crippen LogP contribution in [0.3, 0.4) is 0 Å². The smallest absolute Gasteiger partial charge is 0.123 e. The quantitative estimate of drug-likeness (QED) is 0.852. The Bertz CT molecular complexity index is 557. The van der Waals surface area contributed by atoms with Gasteiger partial charge < -0.3 is 10.5 Å². The molecule has 2 aromatic rings. The molecule has 0 saturated carbocycles. The van der Waals surface area contributed by atoms with Gasteiger partial charge in [-0.2, -0.15) is 0 Å². The zero-order chi connectivity index (χ0) is 14.2. The molecule has 0 saturated heterocycles. The van der Waals surface area contributed by atoms with E-state index >= 15 is 0 Å². The molecule has 1 atom stereocenters. The van der Waals surface area contributed by atoms with Gasteiger partial charge in [0, 0.05) is 28.7 Å². The summed E-state index contributed by atoms with van der Waals surface area (Å²) < 4.78 is 17.6. The lowest BCUT2D eigenvalue weighted by molar-refractivity contribution is 0.339. The molecule has 2 aromatic carbocycles. The maximum Gasteiger partial charge on any atom is 0.123 e. The molecule has 2 N–H and O–H groups in total. The van der Waals surface area contributed by atoms with Crippen molar-refractivity contribution in [3.05, 3.63) is 65.7 Å². The number of rotatable bonds is 7. The lowest BCUT2D eigenvalue weighted by Gasteiger charge is -2.10. The summed E-state index contributed by atoms with van der Waals surface area (Å²) in [5, 5.41) is 0. The topological polar surface area (TPSA) is 52.3 Å². The molecule has 0 fully saturated rings. The van der Waals surface area contributed by atoms with E-state index in [4.69, 9.17) is 10.5 Å². The molecule has 0 aliphatic rings. The summed E-state index contributed by atoms with van der Waals surface area (Å²) in [6.45, 7) is 0.889. The van der Waals surface area contributed by atoms with Crippen LogP contribution in [0.1, 0.15) is 11.1 Å². The predicted octanol–water partition coefficient (Wildman–Crippen LogP) is 2.47. The Balaban J connectivity index is 1.79. The van der Waals surface area contributed by atoms with Crippen molar-refractivity contribution in [3.8, 4) is 5.75 Å². The molecule has 0 radical (unpaired) electrons. The Kier molecular flexibility index (Phi) is 5.77. The van der Waals surface area contributed by atoms with E-state index in [0.717, 1.165) is 16.9 Å². The largest absolute Gasteiger partial charge is 0.492 e. The third-order valence-corrected chi connectivity index (χ3v) is 4.21. The van der Waals surface area contributed by atoms with Gasteiger partial charge in [-0.3, -0.25) is 4.21 Å². The molecule has 20 heavy (non-hydrogen) atoms. The van der Waals surface area contributed by atoms with Crippen LogP contribution in [0.15, 0.2) is 54.6 Å². The first-order chi connectivity index (χ1) is 9.79. The van der Waals surface area contributed by atoms with Gasteiger partial charge in [-0.05, 0) is 11.6 Å². The number of nitrogens with two attached hydrogens (primary N) is 1. The zero-order valence-electron chi connectivity index (χ0n) is 11.3. The minimum Gasteiger partial charge on any atom is -0.492 e. The second-order valence-electron chi connectivity index (χ2n) is 4.43. The van der Waals surface area contributed by atoms with E-state index in [-0.39, 0.29) is 0 Å². The highest BCUT2D eigenvalue weighted by Crippen LogP contribution is 2.16. The Hall–Kier alpha value is -1.65. The first kappa shape index (κ1) is 14.8. The Morgan fingerprint density at radius 3 is 2.45 bits per heavy atom. The van der Waals surface area contributed by atoms with Gasteiger partial charge in [-0.1, -0.05) is 48.5 Å². The summed E-state index contributed by atoms with van der Waals surface area (Å²) in [7, 11) is -0.909. The third-order valence-electron chi connectivity index (χ3n) is 2.93. The predicted molar refractivity (Wildman–Crippen MR) is 83.0 cm³/mol. The number of hydrogen-bond acceptors (Lipinski definition) is 3. The second-order valence-corrected chi connectivity index (χ2v) is 6.01. The summed E-state index contributed by atoms with van der Waals surface area (Å²) in [4.78, 5) is 0. The van der Waals surface area contributed by atoms with Crippen LogP contribution < -0.4 is 10.5 Å². The molecule has 0 bridgehead atoms. The van der Waals surface area contributed by atoms with Gasteiger partial charge in [0.05, 0.1) is 12.4 Å². The minimum absolute atomic E-state index is 0.441. The highest BCUT2D eigenvalue weighted by molar-refractivity contribution is 7.84. The third kappa shape index (κ3) is 4.47. The van der Waals surface area contributed by atoms with E-state index in [2.05, 4.69) is 0 Å². The first-order valence-electron chi connectivity index (χ1n) is 6.59. The van der Waals surface area contributed by atoms with E-state index in [1.807, 2.05) is 54.6 Å². The van der Waals surface area contributed by atoms with Crippen LogP contribution in [0.5, 0.6) is 5.75 Å². The molecule has 0 aliphatic heterocycles. The Labute approximate surface area is 122 Å². The second kappa shape index (κ2) is 7.82. The molecule has 0 aromatic heterocycles. The lowest BCUT2D eigenvalue weighted by atomic mass is 10.2. The molecule has 0 heterocycles. The Morgan fingerprint density at radius 1 is 1.00 bits per heavy atom. The fourth-order valence-electron chi connectivity index (χ4n) is 1.89. The summed E-state index contributed by atoms with van der Waals surface area (Å²) in [6.07, 6.45) is 0. The van der Waals surface area contributed by atoms with Crippen molar-refractivity contribution < 1.29 is 8.95 Å². The van der Waals surface area contributed by atoms with Crippen molar-refractivity contribution in [2.75, 3.05) is 12.4 Å². The van der Waals surface area contributed by atoms with E-state index in [1.165, 1.54) is 0 Å². The SMILES string of the molecule is NCc1ccccc1OCCS(=O)Cc1ccccc1. The van der Waals surface area contributed by atoms with Crippen LogP contribution in [0.2, 0.25) is 0 Å². The highest BCUT2D eigenvalue weighted by atomic mass is 32.2. The number of hydrogen-bond donors (Lipinski definition) is 1. The normalized spacial score (nSPS) is 12.1. The average molecular weight is 289 g/mol. The van der Waals surface area contributed by atoms with Crippen molar-refractivity contribution in [3.63, 3.8) is 0 Å². The molecule has 4 heteroatoms. The van der Waals surface area contributed by atoms with Crippen LogP contribution >= 0.6 is 0 Å². The van der Waals surface area contributed by atoms with Crippen LogP contribution in [0, 0.1) is 0 Å². The fourth-order valence-corrected chi connectivity index (χ4v) is 2.87. The summed E-state index contributed by atoms with van der Waals surface area (Å²) >= 11 is 0. The molecule has 1 unspecified atom stereocenters. The van der Waals surface area contributed by atoms with Gasteiger partial charge in [0.1, 0.15) is 5.75 Å². The highest BCUT2D eigenvalue weighted by Gasteiger charge is 2.04. The minimum atomic E-state index is -0.909. The average Bonchev–Trinajstić information content (AvgIpc) is 2.49. The van der Waals surface area contributed by atoms with Gasteiger partial charge >= 0.3 is 0 Å². The van der Waals surface area contributed by atoms with Crippen molar-refractivity contribution >= 4 is 10.8 Å². The number of benzene rings is 2. The molecular weight excluding hydrogens is 270 g/mol. The van der Waals surface area contributed by atoms with Crippen LogP contribution in [-0.4, -0.2) is 16.6 Å². The van der Waals surface area contributed by atoms with Crippen LogP contribution in [0.4, 0.5) is 0 Å². The van der Waals surface area contributed by atoms with Gasteiger partial charge in [0.2, 0.25) is 0 Å². The van der Waals surface area contributed by atoms with E-state index in [1.54, 1.807) is 0 Å². The van der Waals surface area contributed by atoms with Crippen molar-refractivity contribution in [1.29, 1.82) is 0 Å². The molecule has 0 aliphatic carbocycles. The molecule has 106 valence electrons. The fraction of sp³-hybridized carbons (Fsp3) is 0.250. The van der Waals surface area contributed by atoms with Gasteiger partial charge in [0.15, 0.2) is 0 Å². The van der Waals surface area contributed by atoms with Crippen LogP contribution in [0.25, 0.3) is 0 Å². The molecular formula is C16H19NO2S. The monoisotopic (exact) mass is 289 g/mol. The maximum absolute atomic E-state index is 12.0. The lowest BCUT2D eigenvalue weighted by Crippen LogP contribution is -2.11. The van der Waals surface area contributed by atoms with E-state index in [9.17, 15) is 4.21 Å². The molecule has 2 rings (SSSR count). The molecule has 0 spiro atoms. The number of para-hydroxylation sites is 1. The van der Waals surface area contributed by atoms with Crippen molar-refractivity contribution in [1.82, 2.24) is 0 Å². The van der Waals surface area contributed by atoms with Crippen molar-refractivity contribution in [2.24, 2.45) is 5.73 Å². The maximum atomic E-state index is 12.0. The summed E-state index contributed by atoms with van der Waals surface area (Å²) in [5.41, 5.74) is 7.71. The van der Waals surface area contributed by atoms with Crippen molar-refractivity contribution in [2.45, 2.75) is 12.3 Å². The standard InChI is InChI=1S/C16H19NO2S/c17-12-15-8-4-5-9-16(15)19-10-11-20(18)13-14-6-2-1-3-7-14/h1-9H,10-13,17H2. The summed E-state index contributed by atoms with van der Waals surface area (Å²) in [5.74, 6) is 1.88. The van der Waals surface area contributed by atoms with E-state index in [0.29, 0.717) is 24.7 Å². The van der Waals surface area contributed by atoms with Gasteiger partial charge in [0.25, 0.3) is 0 Å². The summed E-state index contributed by atoms with van der Waals surface area (Å²) in [6, 6.07) is 17.5. The van der Waals surface area contributed by atoms with Gasteiger partial charge in [-0.15, -0.1) is 0 Å². The Morgan fingerprint density at radius 2 is 1.70 bits per heavy atom. The zero-order valence-corrected chi connectivity index (χ0v) is 12.1. The molecule has 0 amide bonds.